The lowest BCUT2D eigenvalue weighted by atomic mass is 10.0. The third-order valence-electron chi connectivity index (χ3n) is 4.47. The quantitative estimate of drug-likeness (QED) is 0.133. The Hall–Kier alpha value is -3.22. The van der Waals surface area contributed by atoms with E-state index in [2.05, 4.69) is 15.5 Å². The predicted octanol–water partition coefficient (Wildman–Crippen LogP) is 1.90. The minimum absolute atomic E-state index is 0.0779. The number of ether oxygens (including phenoxy) is 5. The van der Waals surface area contributed by atoms with Gasteiger partial charge in [-0.2, -0.15) is 5.48 Å². The molecule has 0 fully saturated rings. The van der Waals surface area contributed by atoms with Crippen LogP contribution in [0.15, 0.2) is 30.3 Å². The molecule has 0 saturated carbocycles. The van der Waals surface area contributed by atoms with E-state index in [1.54, 1.807) is 20.8 Å². The minimum Gasteiger partial charge on any atom is -0.469 e. The average Bonchev–Trinajstić information content (AvgIpc) is 2.84. The monoisotopic (exact) mass is 526 g/mol. The summed E-state index contributed by atoms with van der Waals surface area (Å²) in [4.78, 5) is 52.7. The Labute approximate surface area is 217 Å². The number of esters is 2. The molecule has 0 radical (unpaired) electrons. The number of amides is 2. The van der Waals surface area contributed by atoms with E-state index < -0.39 is 35.5 Å². The van der Waals surface area contributed by atoms with Gasteiger partial charge in [-0.05, 0) is 26.3 Å². The van der Waals surface area contributed by atoms with Crippen molar-refractivity contribution in [2.75, 3.05) is 46.7 Å². The molecule has 12 heteroatoms. The van der Waals surface area contributed by atoms with Crippen LogP contribution >= 0.6 is 0 Å². The highest BCUT2D eigenvalue weighted by Crippen LogP contribution is 2.13. The van der Waals surface area contributed by atoms with Crippen LogP contribution in [0, 0.1) is 5.92 Å². The highest BCUT2D eigenvalue weighted by molar-refractivity contribution is 5.87. The summed E-state index contributed by atoms with van der Waals surface area (Å²) in [6, 6.07) is 9.13. The van der Waals surface area contributed by atoms with Crippen molar-refractivity contribution < 1.29 is 47.7 Å². The molecule has 0 spiro atoms. The molecule has 0 aliphatic heterocycles. The number of carbonyl (C=O) groups excluding carboxylic acids is 4. The van der Waals surface area contributed by atoms with Gasteiger partial charge in [-0.3, -0.25) is 19.2 Å². The number of hydroxylamine groups is 1. The van der Waals surface area contributed by atoms with Gasteiger partial charge in [0.25, 0.3) is 0 Å². The normalized spacial score (nSPS) is 11.8. The molecule has 0 aromatic heterocycles. The molecule has 0 heterocycles. The van der Waals surface area contributed by atoms with Crippen molar-refractivity contribution in [3.05, 3.63) is 35.9 Å². The summed E-state index contributed by atoms with van der Waals surface area (Å²) in [5, 5.41) is 2.64. The first-order valence-corrected chi connectivity index (χ1v) is 11.9. The maximum absolute atomic E-state index is 12.5. The van der Waals surface area contributed by atoms with Gasteiger partial charge in [0.15, 0.2) is 0 Å². The maximum Gasteiger partial charge on any atom is 0.431 e. The van der Waals surface area contributed by atoms with Crippen LogP contribution in [0.1, 0.15) is 39.2 Å². The molecule has 1 rings (SSSR count). The summed E-state index contributed by atoms with van der Waals surface area (Å²) in [5.74, 6) is -2.59. The molecule has 2 amide bonds. The van der Waals surface area contributed by atoms with Crippen LogP contribution in [-0.2, 0) is 49.5 Å². The second-order valence-electron chi connectivity index (χ2n) is 8.80. The molecule has 208 valence electrons. The van der Waals surface area contributed by atoms with Crippen molar-refractivity contribution in [1.29, 1.82) is 0 Å². The topological polar surface area (TPSA) is 148 Å². The van der Waals surface area contributed by atoms with Crippen LogP contribution in [0.2, 0.25) is 0 Å². The van der Waals surface area contributed by atoms with E-state index in [1.165, 1.54) is 7.11 Å². The van der Waals surface area contributed by atoms with Gasteiger partial charge in [0.05, 0.1) is 58.9 Å². The smallest absolute Gasteiger partial charge is 0.431 e. The molecular weight excluding hydrogens is 488 g/mol. The van der Waals surface area contributed by atoms with Crippen LogP contribution in [0.25, 0.3) is 0 Å². The van der Waals surface area contributed by atoms with Crippen LogP contribution < -0.4 is 10.8 Å². The van der Waals surface area contributed by atoms with Gasteiger partial charge in [0.1, 0.15) is 12.2 Å². The van der Waals surface area contributed by atoms with Crippen LogP contribution in [-0.4, -0.2) is 76.2 Å². The van der Waals surface area contributed by atoms with Gasteiger partial charge in [0, 0.05) is 6.54 Å². The SMILES string of the molecule is COC(=O)CC(CC(=O)OCc1ccccc1)C(=O)NCCOCCOCCONC(=O)OC(C)(C)C. The molecule has 1 aromatic rings. The summed E-state index contributed by atoms with van der Waals surface area (Å²) in [7, 11) is 1.21. The number of methoxy groups -OCH3 is 1. The summed E-state index contributed by atoms with van der Waals surface area (Å²) in [6.45, 7) is 6.59. The Morgan fingerprint density at radius 3 is 2.14 bits per heavy atom. The van der Waals surface area contributed by atoms with Gasteiger partial charge in [-0.1, -0.05) is 30.3 Å². The maximum atomic E-state index is 12.5. The largest absolute Gasteiger partial charge is 0.469 e. The Bertz CT molecular complexity index is 827. The second-order valence-corrected chi connectivity index (χ2v) is 8.80. The fourth-order valence-corrected chi connectivity index (χ4v) is 2.76. The Morgan fingerprint density at radius 2 is 1.49 bits per heavy atom. The lowest BCUT2D eigenvalue weighted by Crippen LogP contribution is -2.36. The lowest BCUT2D eigenvalue weighted by molar-refractivity contribution is -0.150. The van der Waals surface area contributed by atoms with Crippen LogP contribution in [0.4, 0.5) is 4.79 Å². The first-order valence-electron chi connectivity index (χ1n) is 11.9. The fraction of sp³-hybridized carbons (Fsp3) is 0.600. The molecule has 1 atom stereocenters. The number of benzene rings is 1. The lowest BCUT2D eigenvalue weighted by Gasteiger charge is -2.19. The zero-order valence-electron chi connectivity index (χ0n) is 21.9. The van der Waals surface area contributed by atoms with Gasteiger partial charge in [-0.25, -0.2) is 4.79 Å². The van der Waals surface area contributed by atoms with Gasteiger partial charge in [-0.15, -0.1) is 0 Å². The number of hydrogen-bond donors (Lipinski definition) is 2. The van der Waals surface area contributed by atoms with E-state index in [1.807, 2.05) is 30.3 Å². The number of carbonyl (C=O) groups is 4. The first kappa shape index (κ1) is 31.8. The summed E-state index contributed by atoms with van der Waals surface area (Å²) in [5.41, 5.74) is 2.35. The van der Waals surface area contributed by atoms with Crippen molar-refractivity contribution in [3.63, 3.8) is 0 Å². The summed E-state index contributed by atoms with van der Waals surface area (Å²) < 4.78 is 25.5. The Morgan fingerprint density at radius 1 is 0.865 bits per heavy atom. The molecular formula is C25H38N2O10. The number of rotatable bonds is 17. The van der Waals surface area contributed by atoms with Gasteiger partial charge < -0.3 is 29.0 Å². The van der Waals surface area contributed by atoms with E-state index in [-0.39, 0.29) is 59.0 Å². The van der Waals surface area contributed by atoms with Crippen molar-refractivity contribution >= 4 is 23.9 Å². The number of hydrogen-bond acceptors (Lipinski definition) is 10. The third kappa shape index (κ3) is 17.0. The molecule has 2 N–H and O–H groups in total. The van der Waals surface area contributed by atoms with E-state index in [0.29, 0.717) is 0 Å². The fourth-order valence-electron chi connectivity index (χ4n) is 2.76. The van der Waals surface area contributed by atoms with Crippen LogP contribution in [0.3, 0.4) is 0 Å². The highest BCUT2D eigenvalue weighted by atomic mass is 16.7. The Balaban J connectivity index is 2.18. The zero-order valence-corrected chi connectivity index (χ0v) is 21.9. The second kappa shape index (κ2) is 18.1. The molecule has 0 aliphatic carbocycles. The predicted molar refractivity (Wildman–Crippen MR) is 131 cm³/mol. The molecule has 37 heavy (non-hydrogen) atoms. The van der Waals surface area contributed by atoms with Crippen molar-refractivity contribution in [3.8, 4) is 0 Å². The van der Waals surface area contributed by atoms with E-state index in [0.717, 1.165) is 5.56 Å². The molecule has 0 bridgehead atoms. The van der Waals surface area contributed by atoms with Crippen LogP contribution in [0.5, 0.6) is 0 Å². The average molecular weight is 527 g/mol. The number of nitrogens with one attached hydrogen (secondary N) is 2. The van der Waals surface area contributed by atoms with E-state index in [4.69, 9.17) is 23.8 Å². The highest BCUT2D eigenvalue weighted by Gasteiger charge is 2.26. The molecule has 1 aromatic carbocycles. The molecule has 1 unspecified atom stereocenters. The summed E-state index contributed by atoms with van der Waals surface area (Å²) in [6.07, 6.45) is -1.19. The summed E-state index contributed by atoms with van der Waals surface area (Å²) >= 11 is 0. The molecule has 0 aliphatic rings. The zero-order chi connectivity index (χ0) is 27.5. The van der Waals surface area contributed by atoms with E-state index >= 15 is 0 Å². The third-order valence-corrected chi connectivity index (χ3v) is 4.47. The minimum atomic E-state index is -0.923. The van der Waals surface area contributed by atoms with E-state index in [9.17, 15) is 19.2 Å². The first-order chi connectivity index (χ1) is 17.6. The standard InChI is InChI=1S/C25H38N2O10/c1-25(2,3)37-24(31)27-36-15-14-34-13-12-33-11-10-26-23(30)20(16-21(28)32-4)17-22(29)35-18-19-8-6-5-7-9-19/h5-9,20H,10-18H2,1-4H3,(H,26,30)(H,27,31). The Kier molecular flexibility index (Phi) is 15.6. The van der Waals surface area contributed by atoms with Crippen molar-refractivity contribution in [2.45, 2.75) is 45.8 Å². The van der Waals surface area contributed by atoms with Gasteiger partial charge >= 0.3 is 18.0 Å². The van der Waals surface area contributed by atoms with Crippen molar-refractivity contribution in [2.24, 2.45) is 5.92 Å². The van der Waals surface area contributed by atoms with Gasteiger partial charge in [0.2, 0.25) is 5.91 Å². The molecule has 12 nitrogen and oxygen atoms in total. The molecule has 0 saturated heterocycles. The van der Waals surface area contributed by atoms with Crippen molar-refractivity contribution in [1.82, 2.24) is 10.8 Å².